The van der Waals surface area contributed by atoms with Gasteiger partial charge in [-0.1, -0.05) is 32.0 Å². The summed E-state index contributed by atoms with van der Waals surface area (Å²) in [5.41, 5.74) is 0.661. The van der Waals surface area contributed by atoms with Crippen molar-refractivity contribution in [2.45, 2.75) is 31.7 Å². The summed E-state index contributed by atoms with van der Waals surface area (Å²) in [6, 6.07) is 17.7. The van der Waals surface area contributed by atoms with Crippen molar-refractivity contribution in [3.8, 4) is 5.75 Å². The summed E-state index contributed by atoms with van der Waals surface area (Å²) in [7, 11) is 0. The molecule has 1 amide bonds. The van der Waals surface area contributed by atoms with Crippen LogP contribution in [0.15, 0.2) is 59.5 Å². The van der Waals surface area contributed by atoms with Crippen molar-refractivity contribution in [1.82, 2.24) is 5.32 Å². The number of carbonyl (C=O) groups is 1. The number of ether oxygens (including phenoxy) is 1. The molecule has 1 atom stereocenters. The fourth-order valence-corrected chi connectivity index (χ4v) is 2.75. The molecule has 128 valence electrons. The van der Waals surface area contributed by atoms with Gasteiger partial charge in [-0.05, 0) is 49.2 Å². The van der Waals surface area contributed by atoms with Crippen LogP contribution in [-0.4, -0.2) is 24.3 Å². The average molecular weight is 343 g/mol. The molecule has 0 saturated carbocycles. The minimum atomic E-state index is -0.0395. The standard InChI is InChI=1S/C20H25NO2S/c1-15(2)16(3)21-20(22)17-9-11-18(12-10-17)23-13-14-24-19-7-5-4-6-8-19/h4-12,15-16H,13-14H2,1-3H3,(H,21,22)/t16-/m0/s1. The molecule has 0 heterocycles. The number of nitrogens with one attached hydrogen (secondary N) is 1. The molecule has 2 rings (SSSR count). The number of benzene rings is 2. The summed E-state index contributed by atoms with van der Waals surface area (Å²) in [6.07, 6.45) is 0. The molecular weight excluding hydrogens is 318 g/mol. The summed E-state index contributed by atoms with van der Waals surface area (Å²) in [5.74, 6) is 2.05. The number of hydrogen-bond acceptors (Lipinski definition) is 3. The molecule has 4 heteroatoms. The maximum absolute atomic E-state index is 12.1. The highest BCUT2D eigenvalue weighted by molar-refractivity contribution is 7.99. The second kappa shape index (κ2) is 9.38. The van der Waals surface area contributed by atoms with Gasteiger partial charge in [0.2, 0.25) is 0 Å². The first-order chi connectivity index (χ1) is 11.6. The lowest BCUT2D eigenvalue weighted by Crippen LogP contribution is -2.36. The largest absolute Gasteiger partial charge is 0.493 e. The molecule has 0 aliphatic heterocycles. The number of rotatable bonds is 8. The lowest BCUT2D eigenvalue weighted by molar-refractivity contribution is 0.0930. The van der Waals surface area contributed by atoms with Gasteiger partial charge in [0.1, 0.15) is 5.75 Å². The van der Waals surface area contributed by atoms with E-state index in [9.17, 15) is 4.79 Å². The lowest BCUT2D eigenvalue weighted by Gasteiger charge is -2.17. The molecule has 0 saturated heterocycles. The summed E-state index contributed by atoms with van der Waals surface area (Å²) in [5, 5.41) is 3.00. The van der Waals surface area contributed by atoms with Crippen molar-refractivity contribution in [3.05, 3.63) is 60.2 Å². The van der Waals surface area contributed by atoms with Gasteiger partial charge in [-0.2, -0.15) is 0 Å². The molecule has 0 bridgehead atoms. The number of thioether (sulfide) groups is 1. The van der Waals surface area contributed by atoms with Crippen LogP contribution >= 0.6 is 11.8 Å². The normalized spacial score (nSPS) is 12.0. The molecule has 0 radical (unpaired) electrons. The van der Waals surface area contributed by atoms with Crippen molar-refractivity contribution in [3.63, 3.8) is 0 Å². The smallest absolute Gasteiger partial charge is 0.251 e. The Kier molecular flexibility index (Phi) is 7.19. The molecule has 1 N–H and O–H groups in total. The van der Waals surface area contributed by atoms with E-state index in [2.05, 4.69) is 31.3 Å². The van der Waals surface area contributed by atoms with Crippen LogP contribution in [0.4, 0.5) is 0 Å². The minimum absolute atomic E-state index is 0.0395. The van der Waals surface area contributed by atoms with E-state index in [-0.39, 0.29) is 11.9 Å². The Morgan fingerprint density at radius 1 is 1.04 bits per heavy atom. The molecular formula is C20H25NO2S. The van der Waals surface area contributed by atoms with Crippen molar-refractivity contribution >= 4 is 17.7 Å². The van der Waals surface area contributed by atoms with E-state index in [1.165, 1.54) is 4.90 Å². The highest BCUT2D eigenvalue weighted by atomic mass is 32.2. The van der Waals surface area contributed by atoms with Crippen molar-refractivity contribution < 1.29 is 9.53 Å². The Labute approximate surface area is 148 Å². The van der Waals surface area contributed by atoms with Crippen molar-refractivity contribution in [2.24, 2.45) is 5.92 Å². The van der Waals surface area contributed by atoms with Crippen LogP contribution < -0.4 is 10.1 Å². The fourth-order valence-electron chi connectivity index (χ4n) is 2.00. The second-order valence-corrected chi connectivity index (χ2v) is 7.21. The van der Waals surface area contributed by atoms with Crippen LogP contribution in [0.1, 0.15) is 31.1 Å². The van der Waals surface area contributed by atoms with Crippen LogP contribution in [0.2, 0.25) is 0 Å². The predicted molar refractivity (Wildman–Crippen MR) is 101 cm³/mol. The van der Waals surface area contributed by atoms with Gasteiger partial charge in [-0.3, -0.25) is 4.79 Å². The molecule has 0 fully saturated rings. The van der Waals surface area contributed by atoms with E-state index in [1.807, 2.05) is 49.4 Å². The summed E-state index contributed by atoms with van der Waals surface area (Å²) >= 11 is 1.77. The van der Waals surface area contributed by atoms with Crippen LogP contribution in [0.5, 0.6) is 5.75 Å². The van der Waals surface area contributed by atoms with Gasteiger partial charge in [0, 0.05) is 22.3 Å². The topological polar surface area (TPSA) is 38.3 Å². The quantitative estimate of drug-likeness (QED) is 0.561. The van der Waals surface area contributed by atoms with E-state index in [0.717, 1.165) is 11.5 Å². The van der Waals surface area contributed by atoms with E-state index in [1.54, 1.807) is 11.8 Å². The van der Waals surface area contributed by atoms with Crippen molar-refractivity contribution in [2.75, 3.05) is 12.4 Å². The van der Waals surface area contributed by atoms with E-state index in [0.29, 0.717) is 18.1 Å². The van der Waals surface area contributed by atoms with Gasteiger partial charge >= 0.3 is 0 Å². The molecule has 0 spiro atoms. The zero-order valence-electron chi connectivity index (χ0n) is 14.5. The number of amides is 1. The Morgan fingerprint density at radius 2 is 1.71 bits per heavy atom. The molecule has 0 unspecified atom stereocenters. The molecule has 3 nitrogen and oxygen atoms in total. The fraction of sp³-hybridized carbons (Fsp3) is 0.350. The van der Waals surface area contributed by atoms with E-state index in [4.69, 9.17) is 4.74 Å². The first-order valence-electron chi connectivity index (χ1n) is 8.28. The first kappa shape index (κ1) is 18.4. The van der Waals surface area contributed by atoms with Gasteiger partial charge in [-0.15, -0.1) is 11.8 Å². The van der Waals surface area contributed by atoms with E-state index < -0.39 is 0 Å². The van der Waals surface area contributed by atoms with Gasteiger partial charge in [0.15, 0.2) is 0 Å². The van der Waals surface area contributed by atoms with Crippen LogP contribution in [-0.2, 0) is 0 Å². The monoisotopic (exact) mass is 343 g/mol. The maximum atomic E-state index is 12.1. The molecule has 0 aromatic heterocycles. The van der Waals surface area contributed by atoms with Crippen LogP contribution in [0, 0.1) is 5.92 Å². The van der Waals surface area contributed by atoms with Gasteiger partial charge in [0.25, 0.3) is 5.91 Å². The summed E-state index contributed by atoms with van der Waals surface area (Å²) < 4.78 is 5.73. The lowest BCUT2D eigenvalue weighted by atomic mass is 10.1. The van der Waals surface area contributed by atoms with Gasteiger partial charge < -0.3 is 10.1 Å². The SMILES string of the molecule is CC(C)[C@H](C)NC(=O)c1ccc(OCCSc2ccccc2)cc1. The Balaban J connectivity index is 1.76. The third-order valence-corrected chi connectivity index (χ3v) is 4.82. The third-order valence-electron chi connectivity index (χ3n) is 3.84. The van der Waals surface area contributed by atoms with Gasteiger partial charge in [0.05, 0.1) is 6.61 Å². The van der Waals surface area contributed by atoms with E-state index >= 15 is 0 Å². The Morgan fingerprint density at radius 3 is 2.33 bits per heavy atom. The highest BCUT2D eigenvalue weighted by Crippen LogP contribution is 2.18. The van der Waals surface area contributed by atoms with Crippen LogP contribution in [0.25, 0.3) is 0 Å². The number of hydrogen-bond donors (Lipinski definition) is 1. The molecule has 0 aliphatic rings. The minimum Gasteiger partial charge on any atom is -0.493 e. The predicted octanol–water partition coefficient (Wildman–Crippen LogP) is 4.63. The van der Waals surface area contributed by atoms with Crippen molar-refractivity contribution in [1.29, 1.82) is 0 Å². The zero-order chi connectivity index (χ0) is 17.4. The second-order valence-electron chi connectivity index (χ2n) is 6.04. The number of carbonyl (C=O) groups excluding carboxylic acids is 1. The van der Waals surface area contributed by atoms with Gasteiger partial charge in [-0.25, -0.2) is 0 Å². The third kappa shape index (κ3) is 5.93. The maximum Gasteiger partial charge on any atom is 0.251 e. The first-order valence-corrected chi connectivity index (χ1v) is 9.26. The molecule has 0 aliphatic carbocycles. The zero-order valence-corrected chi connectivity index (χ0v) is 15.3. The Bertz CT molecular complexity index is 626. The average Bonchev–Trinajstić information content (AvgIpc) is 2.60. The van der Waals surface area contributed by atoms with Crippen LogP contribution in [0.3, 0.4) is 0 Å². The molecule has 24 heavy (non-hydrogen) atoms. The Hall–Kier alpha value is -1.94. The summed E-state index contributed by atoms with van der Waals surface area (Å²) in [6.45, 7) is 6.84. The molecule has 2 aromatic rings. The summed E-state index contributed by atoms with van der Waals surface area (Å²) in [4.78, 5) is 13.4. The molecule has 2 aromatic carbocycles. The highest BCUT2D eigenvalue weighted by Gasteiger charge is 2.12.